The van der Waals surface area contributed by atoms with E-state index in [0.717, 1.165) is 11.4 Å². The first-order chi connectivity index (χ1) is 11.7. The third-order valence-electron chi connectivity index (χ3n) is 3.26. The number of aromatic nitrogens is 3. The van der Waals surface area contributed by atoms with Crippen molar-refractivity contribution in [2.45, 2.75) is 6.92 Å². The van der Waals surface area contributed by atoms with E-state index in [1.807, 2.05) is 25.1 Å². The lowest BCUT2D eigenvalue weighted by Crippen LogP contribution is -2.04. The Kier molecular flexibility index (Phi) is 4.42. The Labute approximate surface area is 139 Å². The summed E-state index contributed by atoms with van der Waals surface area (Å²) in [6, 6.07) is 12.8. The summed E-state index contributed by atoms with van der Waals surface area (Å²) in [6.07, 6.45) is 1.38. The summed E-state index contributed by atoms with van der Waals surface area (Å²) in [7, 11) is 1.61. The summed E-state index contributed by atoms with van der Waals surface area (Å²) < 4.78 is 10.8. The Hall–Kier alpha value is -3.35. The molecule has 0 aliphatic heterocycles. The molecule has 0 radical (unpaired) electrons. The van der Waals surface area contributed by atoms with Gasteiger partial charge in [-0.1, -0.05) is 6.07 Å². The number of nitrogen functional groups attached to an aromatic ring is 1. The molecule has 3 rings (SSSR count). The van der Waals surface area contributed by atoms with Crippen LogP contribution in [0.3, 0.4) is 0 Å². The molecule has 7 heteroatoms. The molecule has 0 unspecified atom stereocenters. The number of hydrogen-bond donors (Lipinski definition) is 2. The Balaban J connectivity index is 1.82. The largest absolute Gasteiger partial charge is 0.497 e. The molecule has 0 aliphatic carbocycles. The van der Waals surface area contributed by atoms with E-state index in [2.05, 4.69) is 20.3 Å². The molecule has 0 amide bonds. The second-order valence-corrected chi connectivity index (χ2v) is 5.01. The average molecular weight is 323 g/mol. The number of pyridine rings is 1. The minimum atomic E-state index is 0.269. The fourth-order valence-corrected chi connectivity index (χ4v) is 2.05. The van der Waals surface area contributed by atoms with Crippen molar-refractivity contribution in [3.05, 3.63) is 54.5 Å². The standard InChI is InChI=1S/C17H17N5O2/c1-11-4-3-5-14(21-11)22-16-15(18)17(20-10-19-16)24-13-8-6-12(23-2)7-9-13/h3-10H,18H2,1-2H3,(H,19,20,21,22). The van der Waals surface area contributed by atoms with Gasteiger partial charge >= 0.3 is 0 Å². The summed E-state index contributed by atoms with van der Waals surface area (Å²) in [5.74, 6) is 2.69. The van der Waals surface area contributed by atoms with Gasteiger partial charge in [0.1, 0.15) is 29.3 Å². The fourth-order valence-electron chi connectivity index (χ4n) is 2.05. The Morgan fingerprint density at radius 3 is 2.46 bits per heavy atom. The summed E-state index contributed by atoms with van der Waals surface area (Å²) >= 11 is 0. The molecular formula is C17H17N5O2. The lowest BCUT2D eigenvalue weighted by molar-refractivity contribution is 0.412. The van der Waals surface area contributed by atoms with Gasteiger partial charge in [0, 0.05) is 5.69 Å². The molecule has 122 valence electrons. The van der Waals surface area contributed by atoms with Crippen molar-refractivity contribution in [1.82, 2.24) is 15.0 Å². The van der Waals surface area contributed by atoms with E-state index in [0.29, 0.717) is 23.1 Å². The van der Waals surface area contributed by atoms with Gasteiger partial charge in [0.15, 0.2) is 5.82 Å². The minimum Gasteiger partial charge on any atom is -0.497 e. The molecule has 3 N–H and O–H groups in total. The quantitative estimate of drug-likeness (QED) is 0.743. The van der Waals surface area contributed by atoms with Crippen LogP contribution in [0.4, 0.5) is 17.3 Å². The molecular weight excluding hydrogens is 306 g/mol. The van der Waals surface area contributed by atoms with Gasteiger partial charge < -0.3 is 20.5 Å². The van der Waals surface area contributed by atoms with Crippen LogP contribution in [0.15, 0.2) is 48.8 Å². The monoisotopic (exact) mass is 323 g/mol. The molecule has 2 aromatic heterocycles. The third-order valence-corrected chi connectivity index (χ3v) is 3.26. The summed E-state index contributed by atoms with van der Waals surface area (Å²) in [5.41, 5.74) is 7.30. The molecule has 24 heavy (non-hydrogen) atoms. The summed E-state index contributed by atoms with van der Waals surface area (Å²) in [5, 5.41) is 3.07. The van der Waals surface area contributed by atoms with E-state index in [1.165, 1.54) is 6.33 Å². The van der Waals surface area contributed by atoms with Gasteiger partial charge in [-0.2, -0.15) is 4.98 Å². The zero-order valence-corrected chi connectivity index (χ0v) is 13.4. The Morgan fingerprint density at radius 2 is 1.75 bits per heavy atom. The maximum absolute atomic E-state index is 6.11. The highest BCUT2D eigenvalue weighted by Crippen LogP contribution is 2.31. The fraction of sp³-hybridized carbons (Fsp3) is 0.118. The first-order valence-electron chi connectivity index (χ1n) is 7.29. The van der Waals surface area contributed by atoms with Gasteiger partial charge in [-0.05, 0) is 43.3 Å². The summed E-state index contributed by atoms with van der Waals surface area (Å²) in [6.45, 7) is 1.91. The molecule has 7 nitrogen and oxygen atoms in total. The zero-order valence-electron chi connectivity index (χ0n) is 13.4. The predicted octanol–water partition coefficient (Wildman–Crippen LogP) is 3.31. The van der Waals surface area contributed by atoms with Crippen LogP contribution >= 0.6 is 0 Å². The lowest BCUT2D eigenvalue weighted by atomic mass is 10.3. The maximum Gasteiger partial charge on any atom is 0.248 e. The molecule has 0 spiro atoms. The highest BCUT2D eigenvalue weighted by Gasteiger charge is 2.11. The van der Waals surface area contributed by atoms with Crippen LogP contribution < -0.4 is 20.5 Å². The lowest BCUT2D eigenvalue weighted by Gasteiger charge is -2.11. The highest BCUT2D eigenvalue weighted by atomic mass is 16.5. The summed E-state index contributed by atoms with van der Waals surface area (Å²) in [4.78, 5) is 12.6. The average Bonchev–Trinajstić information content (AvgIpc) is 2.59. The van der Waals surface area contributed by atoms with Gasteiger partial charge in [-0.25, -0.2) is 9.97 Å². The van der Waals surface area contributed by atoms with Crippen molar-refractivity contribution in [2.75, 3.05) is 18.2 Å². The number of anilines is 3. The number of hydrogen-bond acceptors (Lipinski definition) is 7. The van der Waals surface area contributed by atoms with Crippen molar-refractivity contribution in [3.8, 4) is 17.4 Å². The van der Waals surface area contributed by atoms with Crippen LogP contribution in [0.2, 0.25) is 0 Å². The van der Waals surface area contributed by atoms with Crippen molar-refractivity contribution < 1.29 is 9.47 Å². The van der Waals surface area contributed by atoms with E-state index in [1.54, 1.807) is 31.4 Å². The topological polar surface area (TPSA) is 95.2 Å². The SMILES string of the molecule is COc1ccc(Oc2ncnc(Nc3cccc(C)n3)c2N)cc1. The number of nitrogens with zero attached hydrogens (tertiary/aromatic N) is 3. The highest BCUT2D eigenvalue weighted by molar-refractivity contribution is 5.71. The van der Waals surface area contributed by atoms with Gasteiger partial charge in [-0.15, -0.1) is 0 Å². The third kappa shape index (κ3) is 3.52. The molecule has 0 saturated carbocycles. The van der Waals surface area contributed by atoms with Crippen LogP contribution in [0.1, 0.15) is 5.69 Å². The van der Waals surface area contributed by atoms with E-state index in [-0.39, 0.29) is 5.88 Å². The van der Waals surface area contributed by atoms with Gasteiger partial charge in [0.05, 0.1) is 7.11 Å². The number of benzene rings is 1. The second-order valence-electron chi connectivity index (χ2n) is 5.01. The van der Waals surface area contributed by atoms with E-state index < -0.39 is 0 Å². The Morgan fingerprint density at radius 1 is 1.00 bits per heavy atom. The van der Waals surface area contributed by atoms with Crippen LogP contribution in [-0.4, -0.2) is 22.1 Å². The van der Waals surface area contributed by atoms with Gasteiger partial charge in [0.2, 0.25) is 5.88 Å². The van der Waals surface area contributed by atoms with Crippen molar-refractivity contribution in [3.63, 3.8) is 0 Å². The van der Waals surface area contributed by atoms with Crippen molar-refractivity contribution in [1.29, 1.82) is 0 Å². The smallest absolute Gasteiger partial charge is 0.248 e. The number of ether oxygens (including phenoxy) is 2. The Bertz CT molecular complexity index is 837. The minimum absolute atomic E-state index is 0.269. The van der Waals surface area contributed by atoms with E-state index >= 15 is 0 Å². The number of nitrogens with one attached hydrogen (secondary N) is 1. The first kappa shape index (κ1) is 15.5. The van der Waals surface area contributed by atoms with Gasteiger partial charge in [-0.3, -0.25) is 0 Å². The molecule has 3 aromatic rings. The number of methoxy groups -OCH3 is 1. The molecule has 0 atom stereocenters. The second kappa shape index (κ2) is 6.82. The van der Waals surface area contributed by atoms with Crippen LogP contribution in [0.25, 0.3) is 0 Å². The first-order valence-corrected chi connectivity index (χ1v) is 7.29. The molecule has 0 saturated heterocycles. The van der Waals surface area contributed by atoms with Crippen LogP contribution in [-0.2, 0) is 0 Å². The molecule has 0 aliphatic rings. The zero-order chi connectivity index (χ0) is 16.9. The maximum atomic E-state index is 6.11. The normalized spacial score (nSPS) is 10.2. The van der Waals surface area contributed by atoms with Crippen molar-refractivity contribution in [2.24, 2.45) is 0 Å². The predicted molar refractivity (Wildman–Crippen MR) is 91.8 cm³/mol. The molecule has 2 heterocycles. The van der Waals surface area contributed by atoms with Crippen LogP contribution in [0.5, 0.6) is 17.4 Å². The van der Waals surface area contributed by atoms with E-state index in [9.17, 15) is 0 Å². The van der Waals surface area contributed by atoms with Crippen molar-refractivity contribution >= 4 is 17.3 Å². The van der Waals surface area contributed by atoms with Crippen LogP contribution in [0, 0.1) is 6.92 Å². The number of nitrogens with two attached hydrogens (primary N) is 1. The van der Waals surface area contributed by atoms with E-state index in [4.69, 9.17) is 15.2 Å². The number of rotatable bonds is 5. The number of aryl methyl sites for hydroxylation is 1. The van der Waals surface area contributed by atoms with Gasteiger partial charge in [0.25, 0.3) is 0 Å². The molecule has 1 aromatic carbocycles. The molecule has 0 bridgehead atoms. The molecule has 0 fully saturated rings.